The molecule has 0 aromatic rings. The number of aliphatic hydroxyl groups excluding tert-OH is 1. The Morgan fingerprint density at radius 2 is 2.00 bits per heavy atom. The molecule has 1 fully saturated rings. The fourth-order valence-electron chi connectivity index (χ4n) is 2.59. The van der Waals surface area contributed by atoms with Gasteiger partial charge in [0.2, 0.25) is 0 Å². The summed E-state index contributed by atoms with van der Waals surface area (Å²) in [4.78, 5) is 0. The summed E-state index contributed by atoms with van der Waals surface area (Å²) in [5, 5.41) is 12.7. The van der Waals surface area contributed by atoms with Crippen molar-refractivity contribution in [3.63, 3.8) is 0 Å². The summed E-state index contributed by atoms with van der Waals surface area (Å²) < 4.78 is 23.1. The molecule has 0 aliphatic heterocycles. The van der Waals surface area contributed by atoms with Crippen LogP contribution in [-0.4, -0.2) is 43.7 Å². The highest BCUT2D eigenvalue weighted by Gasteiger charge is 2.34. The fraction of sp³-hybridized carbons (Fsp3) is 1.00. The smallest absolute Gasteiger partial charge is 0.151 e. The van der Waals surface area contributed by atoms with Gasteiger partial charge in [-0.1, -0.05) is 20.3 Å². The van der Waals surface area contributed by atoms with Gasteiger partial charge in [-0.15, -0.1) is 0 Å². The van der Waals surface area contributed by atoms with E-state index in [2.05, 4.69) is 19.2 Å². The van der Waals surface area contributed by atoms with Crippen LogP contribution in [0.3, 0.4) is 0 Å². The summed E-state index contributed by atoms with van der Waals surface area (Å²) in [5.74, 6) is 0.459. The van der Waals surface area contributed by atoms with Gasteiger partial charge in [0.25, 0.3) is 0 Å². The maximum atomic E-state index is 11.6. The number of sulfone groups is 1. The Morgan fingerprint density at radius 3 is 2.53 bits per heavy atom. The molecule has 1 saturated carbocycles. The van der Waals surface area contributed by atoms with Crippen LogP contribution in [0.5, 0.6) is 0 Å². The topological polar surface area (TPSA) is 66.4 Å². The van der Waals surface area contributed by atoms with E-state index in [9.17, 15) is 13.5 Å². The largest absolute Gasteiger partial charge is 0.392 e. The van der Waals surface area contributed by atoms with E-state index < -0.39 is 9.84 Å². The number of nitrogens with one attached hydrogen (secondary N) is 1. The third kappa shape index (κ3) is 4.94. The Bertz CT molecular complexity index is 327. The lowest BCUT2D eigenvalue weighted by Crippen LogP contribution is -2.43. The Morgan fingerprint density at radius 1 is 1.35 bits per heavy atom. The van der Waals surface area contributed by atoms with Gasteiger partial charge in [0.1, 0.15) is 0 Å². The highest BCUT2D eigenvalue weighted by molar-refractivity contribution is 7.91. The van der Waals surface area contributed by atoms with E-state index in [1.165, 1.54) is 6.26 Å². The predicted molar refractivity (Wildman–Crippen MR) is 69.7 cm³/mol. The van der Waals surface area contributed by atoms with Crippen molar-refractivity contribution in [2.45, 2.75) is 56.9 Å². The average Bonchev–Trinajstić information content (AvgIpc) is 2.60. The standard InChI is InChI=1S/C12H25NO3S/c1-9(2)7-10(14)8-13-11-5-4-6-12(11)17(3,15)16/h9-14H,4-8H2,1-3H3. The SMILES string of the molecule is CC(C)CC(O)CNC1CCCC1S(C)(=O)=O. The highest BCUT2D eigenvalue weighted by atomic mass is 32.2. The normalized spacial score (nSPS) is 27.6. The molecule has 0 saturated heterocycles. The Labute approximate surface area is 105 Å². The van der Waals surface area contributed by atoms with Gasteiger partial charge in [-0.05, 0) is 25.2 Å². The molecular weight excluding hydrogens is 238 g/mol. The van der Waals surface area contributed by atoms with Crippen LogP contribution < -0.4 is 5.32 Å². The van der Waals surface area contributed by atoms with Gasteiger partial charge in [0.05, 0.1) is 11.4 Å². The van der Waals surface area contributed by atoms with Crippen LogP contribution in [0.25, 0.3) is 0 Å². The number of hydrogen-bond donors (Lipinski definition) is 2. The molecule has 2 N–H and O–H groups in total. The number of aliphatic hydroxyl groups is 1. The zero-order chi connectivity index (χ0) is 13.1. The third-order valence-electron chi connectivity index (χ3n) is 3.36. The molecule has 17 heavy (non-hydrogen) atoms. The molecule has 5 heteroatoms. The molecule has 1 rings (SSSR count). The van der Waals surface area contributed by atoms with Crippen molar-refractivity contribution in [1.29, 1.82) is 0 Å². The average molecular weight is 263 g/mol. The first-order valence-corrected chi connectivity index (χ1v) is 8.36. The maximum absolute atomic E-state index is 11.6. The van der Waals surface area contributed by atoms with Crippen molar-refractivity contribution in [3.05, 3.63) is 0 Å². The van der Waals surface area contributed by atoms with Crippen LogP contribution in [0.15, 0.2) is 0 Å². The van der Waals surface area contributed by atoms with Gasteiger partial charge in [0, 0.05) is 18.8 Å². The molecule has 0 spiro atoms. The molecule has 3 atom stereocenters. The molecule has 4 nitrogen and oxygen atoms in total. The van der Waals surface area contributed by atoms with Crippen LogP contribution in [0.4, 0.5) is 0 Å². The predicted octanol–water partition coefficient (Wildman–Crippen LogP) is 0.949. The summed E-state index contributed by atoms with van der Waals surface area (Å²) in [6, 6.07) is 0.0202. The van der Waals surface area contributed by atoms with E-state index in [1.807, 2.05) is 0 Å². The highest BCUT2D eigenvalue weighted by Crippen LogP contribution is 2.25. The Kier molecular flexibility index (Phi) is 5.41. The molecule has 1 aliphatic rings. The van der Waals surface area contributed by atoms with E-state index in [0.717, 1.165) is 25.7 Å². The van der Waals surface area contributed by atoms with Crippen molar-refractivity contribution in [2.24, 2.45) is 5.92 Å². The second-order valence-corrected chi connectivity index (χ2v) is 7.86. The Balaban J connectivity index is 2.41. The van der Waals surface area contributed by atoms with Crippen molar-refractivity contribution in [2.75, 3.05) is 12.8 Å². The van der Waals surface area contributed by atoms with Crippen molar-refractivity contribution in [3.8, 4) is 0 Å². The van der Waals surface area contributed by atoms with Crippen LogP contribution in [0, 0.1) is 5.92 Å². The zero-order valence-electron chi connectivity index (χ0n) is 11.0. The summed E-state index contributed by atoms with van der Waals surface area (Å²) in [6.07, 6.45) is 4.28. The van der Waals surface area contributed by atoms with Crippen molar-refractivity contribution < 1.29 is 13.5 Å². The van der Waals surface area contributed by atoms with Gasteiger partial charge in [0.15, 0.2) is 9.84 Å². The van der Waals surface area contributed by atoms with Crippen LogP contribution in [0.1, 0.15) is 39.5 Å². The Hall–Kier alpha value is -0.130. The van der Waals surface area contributed by atoms with Crippen molar-refractivity contribution >= 4 is 9.84 Å². The van der Waals surface area contributed by atoms with Crippen molar-refractivity contribution in [1.82, 2.24) is 5.32 Å². The lowest BCUT2D eigenvalue weighted by atomic mass is 10.1. The fourth-order valence-corrected chi connectivity index (χ4v) is 4.01. The second-order valence-electron chi connectivity index (χ2n) is 5.60. The summed E-state index contributed by atoms with van der Waals surface area (Å²) in [5.41, 5.74) is 0. The number of hydrogen-bond acceptors (Lipinski definition) is 4. The molecular formula is C12H25NO3S. The third-order valence-corrected chi connectivity index (χ3v) is 5.03. The first-order chi connectivity index (χ1) is 7.80. The minimum absolute atomic E-state index is 0.0202. The molecule has 0 aromatic heterocycles. The second kappa shape index (κ2) is 6.16. The van der Waals surface area contributed by atoms with E-state index in [4.69, 9.17) is 0 Å². The van der Waals surface area contributed by atoms with Gasteiger partial charge >= 0.3 is 0 Å². The van der Waals surface area contributed by atoms with Crippen LogP contribution in [0.2, 0.25) is 0 Å². The minimum Gasteiger partial charge on any atom is -0.392 e. The minimum atomic E-state index is -2.97. The van der Waals surface area contributed by atoms with Crippen LogP contribution in [-0.2, 0) is 9.84 Å². The molecule has 0 amide bonds. The van der Waals surface area contributed by atoms with E-state index in [1.54, 1.807) is 0 Å². The molecule has 0 heterocycles. The first-order valence-electron chi connectivity index (χ1n) is 6.41. The monoisotopic (exact) mass is 263 g/mol. The lowest BCUT2D eigenvalue weighted by Gasteiger charge is -2.22. The number of rotatable bonds is 6. The summed E-state index contributed by atoms with van der Waals surface area (Å²) in [6.45, 7) is 4.63. The first kappa shape index (κ1) is 14.9. The summed E-state index contributed by atoms with van der Waals surface area (Å²) in [7, 11) is -2.97. The zero-order valence-corrected chi connectivity index (χ0v) is 11.8. The van der Waals surface area contributed by atoms with Gasteiger partial charge in [-0.25, -0.2) is 8.42 Å². The van der Waals surface area contributed by atoms with Gasteiger partial charge in [-0.2, -0.15) is 0 Å². The van der Waals surface area contributed by atoms with E-state index in [-0.39, 0.29) is 17.4 Å². The molecule has 3 unspecified atom stereocenters. The maximum Gasteiger partial charge on any atom is 0.151 e. The quantitative estimate of drug-likeness (QED) is 0.749. The molecule has 0 aromatic carbocycles. The van der Waals surface area contributed by atoms with E-state index in [0.29, 0.717) is 12.5 Å². The van der Waals surface area contributed by atoms with Crippen LogP contribution >= 0.6 is 0 Å². The van der Waals surface area contributed by atoms with Gasteiger partial charge < -0.3 is 10.4 Å². The van der Waals surface area contributed by atoms with E-state index >= 15 is 0 Å². The molecule has 102 valence electrons. The lowest BCUT2D eigenvalue weighted by molar-refractivity contribution is 0.142. The molecule has 1 aliphatic carbocycles. The summed E-state index contributed by atoms with van der Waals surface area (Å²) >= 11 is 0. The molecule has 0 radical (unpaired) electrons. The molecule has 0 bridgehead atoms. The van der Waals surface area contributed by atoms with Gasteiger partial charge in [-0.3, -0.25) is 0 Å².